The molecule has 2 unspecified atom stereocenters. The highest BCUT2D eigenvalue weighted by molar-refractivity contribution is 5.88. The zero-order valence-electron chi connectivity index (χ0n) is 15.9. The predicted molar refractivity (Wildman–Crippen MR) is 95.1 cm³/mol. The van der Waals surface area contributed by atoms with Crippen LogP contribution in [0, 0.1) is 28.6 Å². The molecule has 0 amide bonds. The van der Waals surface area contributed by atoms with E-state index in [1.807, 2.05) is 6.92 Å². The molecule has 26 heavy (non-hydrogen) atoms. The Morgan fingerprint density at radius 1 is 1.19 bits per heavy atom. The highest BCUT2D eigenvalue weighted by Gasteiger charge is 2.69. The van der Waals surface area contributed by atoms with Crippen LogP contribution in [0.3, 0.4) is 0 Å². The molecule has 3 fully saturated rings. The van der Waals surface area contributed by atoms with E-state index in [0.29, 0.717) is 25.2 Å². The van der Waals surface area contributed by atoms with E-state index in [2.05, 4.69) is 6.92 Å². The number of aliphatic hydroxyl groups is 3. The summed E-state index contributed by atoms with van der Waals surface area (Å²) in [7, 11) is 0. The van der Waals surface area contributed by atoms with Crippen LogP contribution < -0.4 is 0 Å². The van der Waals surface area contributed by atoms with Gasteiger partial charge in [-0.05, 0) is 68.3 Å². The summed E-state index contributed by atoms with van der Waals surface area (Å²) < 4.78 is 0. The van der Waals surface area contributed by atoms with Crippen LogP contribution in [0.15, 0.2) is 11.6 Å². The van der Waals surface area contributed by atoms with Gasteiger partial charge in [0, 0.05) is 11.8 Å². The number of allylic oxidation sites excluding steroid dienone is 1. The third-order valence-electron chi connectivity index (χ3n) is 8.72. The Bertz CT molecular complexity index is 699. The summed E-state index contributed by atoms with van der Waals surface area (Å²) >= 11 is 0. The van der Waals surface area contributed by atoms with E-state index in [4.69, 9.17) is 0 Å². The summed E-state index contributed by atoms with van der Waals surface area (Å²) in [6, 6.07) is 0. The van der Waals surface area contributed by atoms with Gasteiger partial charge in [0.1, 0.15) is 6.10 Å². The molecule has 0 aromatic heterocycles. The third kappa shape index (κ3) is 2.02. The van der Waals surface area contributed by atoms with Gasteiger partial charge in [-0.25, -0.2) is 0 Å². The predicted octanol–water partition coefficient (Wildman–Crippen LogP) is 1.78. The number of hydrogen-bond acceptors (Lipinski definition) is 5. The molecule has 3 N–H and O–H groups in total. The van der Waals surface area contributed by atoms with Crippen molar-refractivity contribution in [3.63, 3.8) is 0 Å². The summed E-state index contributed by atoms with van der Waals surface area (Å²) in [5.41, 5.74) is -1.34. The maximum absolute atomic E-state index is 12.3. The number of aliphatic hydroxyl groups excluding tert-OH is 2. The lowest BCUT2D eigenvalue weighted by atomic mass is 9.46. The molecule has 3 saturated carbocycles. The molecule has 5 nitrogen and oxygen atoms in total. The van der Waals surface area contributed by atoms with E-state index < -0.39 is 23.2 Å². The highest BCUT2D eigenvalue weighted by Crippen LogP contribution is 2.67. The quantitative estimate of drug-likeness (QED) is 0.618. The van der Waals surface area contributed by atoms with Crippen LogP contribution in [0.5, 0.6) is 0 Å². The molecule has 4 aliphatic carbocycles. The maximum Gasteiger partial charge on any atom is 0.166 e. The molecule has 0 saturated heterocycles. The standard InChI is InChI=1S/C21H30O5/c1-11(22)21(26)18(25)9-15-13-5-4-12-8-16(23)17(24)10-19(12,2)14(13)6-7-20(15,21)3/h8,13-16,18,23,25-26H,4-7,9-10H2,1-3H3/t13-,14+,15+,16?,18?,19+,20+,21-/m1/s1. The second-order valence-corrected chi connectivity index (χ2v) is 9.64. The fourth-order valence-corrected chi connectivity index (χ4v) is 7.25. The monoisotopic (exact) mass is 362 g/mol. The Morgan fingerprint density at radius 2 is 1.88 bits per heavy atom. The van der Waals surface area contributed by atoms with E-state index in [1.54, 1.807) is 6.08 Å². The smallest absolute Gasteiger partial charge is 0.166 e. The number of carbonyl (C=O) groups is 2. The van der Waals surface area contributed by atoms with Crippen LogP contribution in [-0.4, -0.2) is 44.7 Å². The van der Waals surface area contributed by atoms with Crippen molar-refractivity contribution >= 4 is 11.6 Å². The van der Waals surface area contributed by atoms with Crippen LogP contribution in [0.2, 0.25) is 0 Å². The van der Waals surface area contributed by atoms with Crippen LogP contribution in [0.1, 0.15) is 59.3 Å². The lowest BCUT2D eigenvalue weighted by molar-refractivity contribution is -0.173. The van der Waals surface area contributed by atoms with Crippen molar-refractivity contribution < 1.29 is 24.9 Å². The summed E-state index contributed by atoms with van der Waals surface area (Å²) in [6.07, 6.45) is 3.84. The number of rotatable bonds is 1. The van der Waals surface area contributed by atoms with Gasteiger partial charge < -0.3 is 15.3 Å². The molecule has 0 radical (unpaired) electrons. The molecular formula is C21H30O5. The molecule has 0 bridgehead atoms. The Labute approximate surface area is 154 Å². The van der Waals surface area contributed by atoms with Gasteiger partial charge in [0.2, 0.25) is 0 Å². The Kier molecular flexibility index (Phi) is 3.87. The molecule has 5 heteroatoms. The number of ketones is 2. The van der Waals surface area contributed by atoms with Gasteiger partial charge in [0.15, 0.2) is 17.2 Å². The Balaban J connectivity index is 1.73. The zero-order chi connectivity index (χ0) is 19.1. The molecule has 4 rings (SSSR count). The Hall–Kier alpha value is -1.04. The van der Waals surface area contributed by atoms with E-state index in [9.17, 15) is 24.9 Å². The van der Waals surface area contributed by atoms with Crippen LogP contribution in [0.25, 0.3) is 0 Å². The largest absolute Gasteiger partial charge is 0.390 e. The minimum atomic E-state index is -1.67. The van der Waals surface area contributed by atoms with E-state index in [1.165, 1.54) is 12.5 Å². The van der Waals surface area contributed by atoms with Crippen molar-refractivity contribution in [2.75, 3.05) is 0 Å². The van der Waals surface area contributed by atoms with E-state index >= 15 is 0 Å². The molecule has 0 aliphatic heterocycles. The van der Waals surface area contributed by atoms with E-state index in [-0.39, 0.29) is 28.8 Å². The van der Waals surface area contributed by atoms with Gasteiger partial charge in [-0.2, -0.15) is 0 Å². The number of hydrogen-bond donors (Lipinski definition) is 3. The SMILES string of the molecule is CC(=O)[C@@]1(O)C(O)C[C@H]2[C@@H]3CCC4=CC(O)C(=O)C[C@]4(C)[C@H]3CC[C@@]21C. The number of Topliss-reactive ketones (excluding diaryl/α,β-unsaturated/α-hetero) is 2. The maximum atomic E-state index is 12.3. The zero-order valence-corrected chi connectivity index (χ0v) is 15.9. The normalized spacial score (nSPS) is 53.4. The first-order valence-corrected chi connectivity index (χ1v) is 9.89. The molecule has 0 spiro atoms. The molecular weight excluding hydrogens is 332 g/mol. The van der Waals surface area contributed by atoms with Crippen molar-refractivity contribution in [3.05, 3.63) is 11.6 Å². The second kappa shape index (κ2) is 5.49. The van der Waals surface area contributed by atoms with Crippen LogP contribution in [-0.2, 0) is 9.59 Å². The Morgan fingerprint density at radius 3 is 2.54 bits per heavy atom. The number of fused-ring (bicyclic) bond motifs is 5. The third-order valence-corrected chi connectivity index (χ3v) is 8.72. The molecule has 144 valence electrons. The molecule has 0 heterocycles. The van der Waals surface area contributed by atoms with Gasteiger partial charge in [-0.3, -0.25) is 9.59 Å². The molecule has 0 aromatic rings. The minimum Gasteiger partial charge on any atom is -0.390 e. The lowest BCUT2D eigenvalue weighted by Gasteiger charge is -2.58. The first-order chi connectivity index (χ1) is 12.1. The van der Waals surface area contributed by atoms with Crippen molar-refractivity contribution in [1.29, 1.82) is 0 Å². The molecule has 8 atom stereocenters. The summed E-state index contributed by atoms with van der Waals surface area (Å²) in [4.78, 5) is 24.5. The number of carbonyl (C=O) groups excluding carboxylic acids is 2. The first-order valence-electron chi connectivity index (χ1n) is 9.89. The van der Waals surface area contributed by atoms with Crippen LogP contribution in [0.4, 0.5) is 0 Å². The van der Waals surface area contributed by atoms with Crippen molar-refractivity contribution in [3.8, 4) is 0 Å². The van der Waals surface area contributed by atoms with Gasteiger partial charge >= 0.3 is 0 Å². The lowest BCUT2D eigenvalue weighted by Crippen LogP contribution is -2.60. The van der Waals surface area contributed by atoms with Gasteiger partial charge in [0.25, 0.3) is 0 Å². The highest BCUT2D eigenvalue weighted by atomic mass is 16.4. The topological polar surface area (TPSA) is 94.8 Å². The van der Waals surface area contributed by atoms with Gasteiger partial charge in [-0.15, -0.1) is 0 Å². The molecule has 4 aliphatic rings. The second-order valence-electron chi connectivity index (χ2n) is 9.64. The summed E-state index contributed by atoms with van der Waals surface area (Å²) in [5.74, 6) is 0.190. The summed E-state index contributed by atoms with van der Waals surface area (Å²) in [6.45, 7) is 5.49. The average molecular weight is 362 g/mol. The average Bonchev–Trinajstić information content (AvgIpc) is 2.78. The van der Waals surface area contributed by atoms with Gasteiger partial charge in [-0.1, -0.05) is 19.4 Å². The van der Waals surface area contributed by atoms with E-state index in [0.717, 1.165) is 19.3 Å². The first kappa shape index (κ1) is 18.3. The van der Waals surface area contributed by atoms with Crippen molar-refractivity contribution in [2.24, 2.45) is 28.6 Å². The fraction of sp³-hybridized carbons (Fsp3) is 0.810. The van der Waals surface area contributed by atoms with Crippen molar-refractivity contribution in [2.45, 2.75) is 77.1 Å². The van der Waals surface area contributed by atoms with Crippen molar-refractivity contribution in [1.82, 2.24) is 0 Å². The molecule has 0 aromatic carbocycles. The summed E-state index contributed by atoms with van der Waals surface area (Å²) in [5, 5.41) is 31.7. The van der Waals surface area contributed by atoms with Gasteiger partial charge in [0.05, 0.1) is 6.10 Å². The minimum absolute atomic E-state index is 0.0745. The fourth-order valence-electron chi connectivity index (χ4n) is 7.25. The van der Waals surface area contributed by atoms with Crippen LogP contribution >= 0.6 is 0 Å².